The zero-order valence-corrected chi connectivity index (χ0v) is 9.16. The third-order valence-corrected chi connectivity index (χ3v) is 2.68. The molecule has 1 rings (SSSR count). The van der Waals surface area contributed by atoms with Crippen molar-refractivity contribution in [2.75, 3.05) is 7.05 Å². The van der Waals surface area contributed by atoms with E-state index in [1.54, 1.807) is 0 Å². The van der Waals surface area contributed by atoms with E-state index in [1.165, 1.54) is 0 Å². The molecule has 1 heterocycles. The smallest absolute Gasteiger partial charge is 0.241 e. The van der Waals surface area contributed by atoms with Crippen molar-refractivity contribution in [1.29, 1.82) is 0 Å². The molecule has 0 saturated carbocycles. The normalized spacial score (nSPS) is 29.5. The van der Waals surface area contributed by atoms with Crippen LogP contribution in [0.2, 0.25) is 0 Å². The maximum atomic E-state index is 11.7. The molecule has 13 heavy (non-hydrogen) atoms. The zero-order valence-electron chi connectivity index (χ0n) is 9.16. The SMILES string of the molecule is CC(C)[C@@H]1N[C@@H](C(C)C)N(C)C1=O. The van der Waals surface area contributed by atoms with Crippen molar-refractivity contribution in [2.24, 2.45) is 11.8 Å². The lowest BCUT2D eigenvalue weighted by molar-refractivity contribution is -0.129. The Kier molecular flexibility index (Phi) is 2.96. The van der Waals surface area contributed by atoms with Crippen LogP contribution in [0.25, 0.3) is 0 Å². The van der Waals surface area contributed by atoms with Crippen molar-refractivity contribution in [3.8, 4) is 0 Å². The Morgan fingerprint density at radius 3 is 2.00 bits per heavy atom. The molecule has 1 saturated heterocycles. The maximum absolute atomic E-state index is 11.7. The van der Waals surface area contributed by atoms with E-state index in [0.717, 1.165) is 0 Å². The highest BCUT2D eigenvalue weighted by atomic mass is 16.2. The highest BCUT2D eigenvalue weighted by Gasteiger charge is 2.38. The molecule has 1 N–H and O–H groups in total. The Morgan fingerprint density at radius 1 is 1.23 bits per heavy atom. The first-order valence-electron chi connectivity index (χ1n) is 4.98. The van der Waals surface area contributed by atoms with Gasteiger partial charge in [0.15, 0.2) is 0 Å². The summed E-state index contributed by atoms with van der Waals surface area (Å²) in [5.74, 6) is 1.07. The summed E-state index contributed by atoms with van der Waals surface area (Å²) < 4.78 is 0. The van der Waals surface area contributed by atoms with Gasteiger partial charge in [0, 0.05) is 7.05 Å². The van der Waals surface area contributed by atoms with Crippen LogP contribution in [-0.2, 0) is 4.79 Å². The number of nitrogens with zero attached hydrogens (tertiary/aromatic N) is 1. The van der Waals surface area contributed by atoms with Gasteiger partial charge in [-0.2, -0.15) is 0 Å². The second-order valence-electron chi connectivity index (χ2n) is 4.53. The lowest BCUT2D eigenvalue weighted by Gasteiger charge is -2.22. The summed E-state index contributed by atoms with van der Waals surface area (Å²) in [6, 6.07) is 0.0115. The van der Waals surface area contributed by atoms with E-state index in [0.29, 0.717) is 11.8 Å². The molecule has 76 valence electrons. The molecule has 0 aliphatic carbocycles. The predicted octanol–water partition coefficient (Wildman–Crippen LogP) is 1.05. The molecule has 0 aromatic heterocycles. The Balaban J connectivity index is 2.72. The van der Waals surface area contributed by atoms with Crippen molar-refractivity contribution in [3.05, 3.63) is 0 Å². The molecule has 0 bridgehead atoms. The Bertz CT molecular complexity index is 201. The molecule has 0 radical (unpaired) electrons. The fourth-order valence-corrected chi connectivity index (χ4v) is 1.84. The molecular formula is C10H20N2O. The largest absolute Gasteiger partial charge is 0.329 e. The monoisotopic (exact) mass is 184 g/mol. The molecule has 0 aromatic rings. The molecule has 1 amide bonds. The minimum absolute atomic E-state index is 0.0115. The van der Waals surface area contributed by atoms with E-state index in [2.05, 4.69) is 33.0 Å². The molecule has 3 heteroatoms. The van der Waals surface area contributed by atoms with Gasteiger partial charge in [-0.25, -0.2) is 0 Å². The van der Waals surface area contributed by atoms with Crippen molar-refractivity contribution >= 4 is 5.91 Å². The van der Waals surface area contributed by atoms with E-state index in [9.17, 15) is 4.79 Å². The topological polar surface area (TPSA) is 32.3 Å². The summed E-state index contributed by atoms with van der Waals surface area (Å²) >= 11 is 0. The summed E-state index contributed by atoms with van der Waals surface area (Å²) in [4.78, 5) is 13.6. The van der Waals surface area contributed by atoms with Gasteiger partial charge in [0.2, 0.25) is 5.91 Å². The lowest BCUT2D eigenvalue weighted by Crippen LogP contribution is -2.40. The molecule has 0 spiro atoms. The van der Waals surface area contributed by atoms with E-state index in [1.807, 2.05) is 11.9 Å². The van der Waals surface area contributed by atoms with Gasteiger partial charge in [-0.3, -0.25) is 10.1 Å². The van der Waals surface area contributed by atoms with Gasteiger partial charge < -0.3 is 4.90 Å². The van der Waals surface area contributed by atoms with Crippen molar-refractivity contribution in [3.63, 3.8) is 0 Å². The Morgan fingerprint density at radius 2 is 1.77 bits per heavy atom. The second kappa shape index (κ2) is 3.66. The zero-order chi connectivity index (χ0) is 10.2. The van der Waals surface area contributed by atoms with E-state index < -0.39 is 0 Å². The summed E-state index contributed by atoms with van der Waals surface area (Å²) in [7, 11) is 1.88. The predicted molar refractivity (Wildman–Crippen MR) is 53.2 cm³/mol. The highest BCUT2D eigenvalue weighted by Crippen LogP contribution is 2.19. The van der Waals surface area contributed by atoms with Crippen LogP contribution in [-0.4, -0.2) is 30.1 Å². The van der Waals surface area contributed by atoms with Crippen LogP contribution >= 0.6 is 0 Å². The average Bonchev–Trinajstić information content (AvgIpc) is 2.29. The molecule has 3 nitrogen and oxygen atoms in total. The average molecular weight is 184 g/mol. The number of hydrogen-bond donors (Lipinski definition) is 1. The third kappa shape index (κ3) is 1.85. The summed E-state index contributed by atoms with van der Waals surface area (Å²) in [6.45, 7) is 8.41. The van der Waals surface area contributed by atoms with E-state index in [4.69, 9.17) is 0 Å². The van der Waals surface area contributed by atoms with Crippen LogP contribution in [0.3, 0.4) is 0 Å². The van der Waals surface area contributed by atoms with Crippen molar-refractivity contribution < 1.29 is 4.79 Å². The van der Waals surface area contributed by atoms with Crippen LogP contribution in [0.15, 0.2) is 0 Å². The first-order valence-corrected chi connectivity index (χ1v) is 4.98. The summed E-state index contributed by atoms with van der Waals surface area (Å²) in [5, 5.41) is 3.37. The van der Waals surface area contributed by atoms with Gasteiger partial charge in [0.25, 0.3) is 0 Å². The fraction of sp³-hybridized carbons (Fsp3) is 0.900. The van der Waals surface area contributed by atoms with Crippen LogP contribution in [0.1, 0.15) is 27.7 Å². The van der Waals surface area contributed by atoms with Crippen LogP contribution in [0.4, 0.5) is 0 Å². The molecular weight excluding hydrogens is 164 g/mol. The van der Waals surface area contributed by atoms with E-state index >= 15 is 0 Å². The van der Waals surface area contributed by atoms with Gasteiger partial charge in [0.1, 0.15) is 0 Å². The number of amides is 1. The third-order valence-electron chi connectivity index (χ3n) is 2.68. The van der Waals surface area contributed by atoms with Gasteiger partial charge >= 0.3 is 0 Å². The van der Waals surface area contributed by atoms with Crippen LogP contribution in [0, 0.1) is 11.8 Å². The van der Waals surface area contributed by atoms with Crippen molar-refractivity contribution in [1.82, 2.24) is 10.2 Å². The minimum Gasteiger partial charge on any atom is -0.329 e. The number of carbonyl (C=O) groups excluding carboxylic acids is 1. The van der Waals surface area contributed by atoms with Gasteiger partial charge in [0.05, 0.1) is 12.2 Å². The second-order valence-corrected chi connectivity index (χ2v) is 4.53. The number of hydrogen-bond acceptors (Lipinski definition) is 2. The first kappa shape index (κ1) is 10.5. The van der Waals surface area contributed by atoms with Crippen LogP contribution in [0.5, 0.6) is 0 Å². The minimum atomic E-state index is 0.0115. The number of likely N-dealkylation sites (N-methyl/N-ethyl adjacent to an activating group) is 1. The van der Waals surface area contributed by atoms with Crippen molar-refractivity contribution in [2.45, 2.75) is 39.9 Å². The van der Waals surface area contributed by atoms with Gasteiger partial charge in [-0.15, -0.1) is 0 Å². The molecule has 0 unspecified atom stereocenters. The first-order chi connectivity index (χ1) is 5.95. The Hall–Kier alpha value is -0.570. The van der Waals surface area contributed by atoms with Gasteiger partial charge in [-0.1, -0.05) is 27.7 Å². The maximum Gasteiger partial charge on any atom is 0.241 e. The Labute approximate surface area is 80.5 Å². The molecule has 1 aliphatic rings. The molecule has 2 atom stereocenters. The van der Waals surface area contributed by atoms with E-state index in [-0.39, 0.29) is 18.1 Å². The molecule has 1 aliphatic heterocycles. The number of nitrogens with one attached hydrogen (secondary N) is 1. The van der Waals surface area contributed by atoms with Gasteiger partial charge in [-0.05, 0) is 11.8 Å². The quantitative estimate of drug-likeness (QED) is 0.696. The lowest BCUT2D eigenvalue weighted by atomic mass is 10.1. The molecule has 0 aromatic carbocycles. The number of rotatable bonds is 2. The van der Waals surface area contributed by atoms with Crippen LogP contribution < -0.4 is 5.32 Å². The molecule has 1 fully saturated rings. The fourth-order valence-electron chi connectivity index (χ4n) is 1.84. The standard InChI is InChI=1S/C10H20N2O/c1-6(2)8-10(13)12(5)9(11-8)7(3)4/h6-9,11H,1-5H3/t8-,9+/m0/s1. The summed E-state index contributed by atoms with van der Waals surface area (Å²) in [6.07, 6.45) is 0.208. The number of carbonyl (C=O) groups is 1. The summed E-state index contributed by atoms with van der Waals surface area (Å²) in [5.41, 5.74) is 0. The highest BCUT2D eigenvalue weighted by molar-refractivity contribution is 5.84.